The number of Topliss-reactive ketones (excluding diaryl/α,β-unsaturated/α-hetero) is 4. The minimum absolute atomic E-state index is 0.664. The molecule has 0 amide bonds. The Balaban J connectivity index is 3.90. The third kappa shape index (κ3) is 1.77. The first kappa shape index (κ1) is 18.5. The van der Waals surface area contributed by atoms with Crippen molar-refractivity contribution < 1.29 is 44.3 Å². The van der Waals surface area contributed by atoms with Crippen molar-refractivity contribution in [2.24, 2.45) is 0 Å². The van der Waals surface area contributed by atoms with Gasteiger partial charge in [-0.2, -0.15) is 0 Å². The smallest absolute Gasteiger partial charge is 0.267 e. The molecule has 0 bridgehead atoms. The fourth-order valence-electron chi connectivity index (χ4n) is 2.71. The Bertz CT molecular complexity index is 520. The van der Waals surface area contributed by atoms with Gasteiger partial charge in [0.1, 0.15) is 0 Å². The molecule has 1 rings (SSSR count). The lowest BCUT2D eigenvalue weighted by atomic mass is 9.60. The summed E-state index contributed by atoms with van der Waals surface area (Å²) in [5, 5.41) is 41.8. The van der Waals surface area contributed by atoms with Crippen molar-refractivity contribution in [3.8, 4) is 0 Å². The molecular formula is C13H18O9. The molecule has 0 aromatic carbocycles. The predicted octanol–water partition coefficient (Wildman–Crippen LogP) is -2.75. The molecule has 1 aliphatic heterocycles. The molecule has 1 aliphatic rings. The van der Waals surface area contributed by atoms with E-state index in [1.165, 1.54) is 0 Å². The number of hydrogen-bond donors (Lipinski definition) is 4. The van der Waals surface area contributed by atoms with E-state index in [9.17, 15) is 39.6 Å². The van der Waals surface area contributed by atoms with Gasteiger partial charge in [0.2, 0.25) is 11.2 Å². The van der Waals surface area contributed by atoms with Crippen LogP contribution in [0.3, 0.4) is 0 Å². The zero-order chi connectivity index (χ0) is 17.7. The van der Waals surface area contributed by atoms with Crippen LogP contribution >= 0.6 is 0 Å². The highest BCUT2D eigenvalue weighted by Gasteiger charge is 2.81. The van der Waals surface area contributed by atoms with E-state index < -0.39 is 52.3 Å². The number of rotatable bonds is 4. The summed E-state index contributed by atoms with van der Waals surface area (Å²) in [6.45, 7) is 1.71. The van der Waals surface area contributed by atoms with E-state index in [0.29, 0.717) is 13.8 Å². The summed E-state index contributed by atoms with van der Waals surface area (Å²) < 4.78 is 4.68. The molecule has 22 heavy (non-hydrogen) atoms. The normalized spacial score (nSPS) is 41.8. The number of ether oxygens (including phenoxy) is 1. The first-order chi connectivity index (χ1) is 9.73. The Labute approximate surface area is 125 Å². The van der Waals surface area contributed by atoms with Gasteiger partial charge in [0.25, 0.3) is 5.79 Å². The molecule has 9 nitrogen and oxygen atoms in total. The van der Waals surface area contributed by atoms with E-state index in [1.807, 2.05) is 0 Å². The minimum Gasteiger partial charge on any atom is -0.376 e. The third-order valence-electron chi connectivity index (χ3n) is 4.18. The number of ketones is 4. The molecule has 1 fully saturated rings. The third-order valence-corrected chi connectivity index (χ3v) is 4.18. The Morgan fingerprint density at radius 2 is 1.14 bits per heavy atom. The number of carbonyl (C=O) groups excluding carboxylic acids is 4. The van der Waals surface area contributed by atoms with Crippen LogP contribution in [-0.4, -0.2) is 72.8 Å². The highest BCUT2D eigenvalue weighted by Crippen LogP contribution is 2.47. The van der Waals surface area contributed by atoms with Gasteiger partial charge in [-0.3, -0.25) is 19.2 Å². The minimum atomic E-state index is -3.57. The van der Waals surface area contributed by atoms with Crippen molar-refractivity contribution in [1.29, 1.82) is 0 Å². The van der Waals surface area contributed by atoms with Crippen LogP contribution in [0.25, 0.3) is 0 Å². The summed E-state index contributed by atoms with van der Waals surface area (Å²) in [4.78, 5) is 47.2. The van der Waals surface area contributed by atoms with Crippen LogP contribution in [0.5, 0.6) is 0 Å². The lowest BCUT2D eigenvalue weighted by molar-refractivity contribution is -0.367. The molecule has 4 N–H and O–H groups in total. The van der Waals surface area contributed by atoms with Gasteiger partial charge in [-0.15, -0.1) is 0 Å². The molecule has 9 heteroatoms. The van der Waals surface area contributed by atoms with Gasteiger partial charge in [-0.25, -0.2) is 0 Å². The summed E-state index contributed by atoms with van der Waals surface area (Å²) in [5.41, 5.74) is -10.1. The largest absolute Gasteiger partial charge is 0.376 e. The maximum Gasteiger partial charge on any atom is 0.267 e. The lowest BCUT2D eigenvalue weighted by Crippen LogP contribution is -2.88. The molecule has 124 valence electrons. The van der Waals surface area contributed by atoms with Crippen molar-refractivity contribution in [2.75, 3.05) is 6.61 Å². The zero-order valence-electron chi connectivity index (χ0n) is 12.5. The molecular weight excluding hydrogens is 300 g/mol. The van der Waals surface area contributed by atoms with Crippen LogP contribution in [0.2, 0.25) is 0 Å². The van der Waals surface area contributed by atoms with Crippen LogP contribution < -0.4 is 0 Å². The van der Waals surface area contributed by atoms with E-state index >= 15 is 0 Å². The number of aliphatic hydroxyl groups is 4. The Morgan fingerprint density at radius 3 is 1.41 bits per heavy atom. The maximum atomic E-state index is 11.9. The van der Waals surface area contributed by atoms with E-state index in [-0.39, 0.29) is 0 Å². The topological polar surface area (TPSA) is 158 Å². The lowest BCUT2D eigenvalue weighted by Gasteiger charge is -2.57. The van der Waals surface area contributed by atoms with Gasteiger partial charge in [0.15, 0.2) is 28.7 Å². The molecule has 0 aromatic rings. The van der Waals surface area contributed by atoms with Crippen LogP contribution in [0.15, 0.2) is 0 Å². The van der Waals surface area contributed by atoms with Crippen molar-refractivity contribution in [2.45, 2.75) is 50.3 Å². The fraction of sp³-hybridized carbons (Fsp3) is 0.692. The Kier molecular flexibility index (Phi) is 4.21. The van der Waals surface area contributed by atoms with Crippen molar-refractivity contribution in [3.05, 3.63) is 0 Å². The van der Waals surface area contributed by atoms with E-state index in [1.54, 1.807) is 0 Å². The SMILES string of the molecule is CC(=O)[C@@]1(O)[C@@](O)(C(C)=O)[C@@](O)(C(C)=O)CO[C@@]1(O)C(C)=O. The average molecular weight is 318 g/mol. The second kappa shape index (κ2) is 5.00. The second-order valence-electron chi connectivity index (χ2n) is 5.44. The molecule has 0 aromatic heterocycles. The highest BCUT2D eigenvalue weighted by molar-refractivity contribution is 6.08. The summed E-state index contributed by atoms with van der Waals surface area (Å²) in [7, 11) is 0. The number of hydrogen-bond acceptors (Lipinski definition) is 9. The van der Waals surface area contributed by atoms with Gasteiger partial charge in [-0.1, -0.05) is 0 Å². The van der Waals surface area contributed by atoms with Gasteiger partial charge in [0.05, 0.1) is 6.61 Å². The predicted molar refractivity (Wildman–Crippen MR) is 68.5 cm³/mol. The molecule has 0 unspecified atom stereocenters. The van der Waals surface area contributed by atoms with Gasteiger partial charge in [-0.05, 0) is 20.8 Å². The van der Waals surface area contributed by atoms with Gasteiger partial charge < -0.3 is 25.2 Å². The maximum absolute atomic E-state index is 11.9. The van der Waals surface area contributed by atoms with Crippen molar-refractivity contribution >= 4 is 23.1 Å². The fourth-order valence-corrected chi connectivity index (χ4v) is 2.71. The van der Waals surface area contributed by atoms with Gasteiger partial charge >= 0.3 is 0 Å². The first-order valence-corrected chi connectivity index (χ1v) is 6.31. The van der Waals surface area contributed by atoms with Crippen LogP contribution in [-0.2, 0) is 23.9 Å². The molecule has 4 atom stereocenters. The van der Waals surface area contributed by atoms with E-state index in [0.717, 1.165) is 13.8 Å². The molecule has 0 radical (unpaired) electrons. The first-order valence-electron chi connectivity index (χ1n) is 6.31. The Hall–Kier alpha value is -1.52. The quantitative estimate of drug-likeness (QED) is 0.431. The second-order valence-corrected chi connectivity index (χ2v) is 5.44. The standard InChI is InChI=1S/C13H18O9/c1-6(14)10(18)5-22-13(21,9(4)17)12(20,8(3)16)11(10,19)7(2)15/h18-21H,5H2,1-4H3/t10-,11+,12+,13-/m0/s1. The molecule has 1 saturated heterocycles. The van der Waals surface area contributed by atoms with Crippen molar-refractivity contribution in [1.82, 2.24) is 0 Å². The van der Waals surface area contributed by atoms with E-state index in [4.69, 9.17) is 0 Å². The van der Waals surface area contributed by atoms with Gasteiger partial charge in [0, 0.05) is 6.92 Å². The molecule has 1 heterocycles. The highest BCUT2D eigenvalue weighted by atomic mass is 16.7. The molecule has 0 aliphatic carbocycles. The summed E-state index contributed by atoms with van der Waals surface area (Å²) >= 11 is 0. The summed E-state index contributed by atoms with van der Waals surface area (Å²) in [6, 6.07) is 0. The average Bonchev–Trinajstić information content (AvgIpc) is 2.39. The summed E-state index contributed by atoms with van der Waals surface area (Å²) in [5.74, 6) is -8.64. The summed E-state index contributed by atoms with van der Waals surface area (Å²) in [6.07, 6.45) is 0. The molecule has 0 saturated carbocycles. The van der Waals surface area contributed by atoms with Crippen molar-refractivity contribution in [3.63, 3.8) is 0 Å². The van der Waals surface area contributed by atoms with Crippen LogP contribution in [0, 0.1) is 0 Å². The number of carbonyl (C=O) groups is 4. The Morgan fingerprint density at radius 1 is 0.727 bits per heavy atom. The monoisotopic (exact) mass is 318 g/mol. The molecule has 0 spiro atoms. The van der Waals surface area contributed by atoms with Crippen LogP contribution in [0.4, 0.5) is 0 Å². The zero-order valence-corrected chi connectivity index (χ0v) is 12.5. The van der Waals surface area contributed by atoms with Crippen LogP contribution in [0.1, 0.15) is 27.7 Å². The van der Waals surface area contributed by atoms with E-state index in [2.05, 4.69) is 4.74 Å².